The van der Waals surface area contributed by atoms with Gasteiger partial charge in [0.05, 0.1) is 0 Å². The van der Waals surface area contributed by atoms with Gasteiger partial charge in [0, 0.05) is 0 Å². The Bertz CT molecular complexity index is 3150. The zero-order valence-electron chi connectivity index (χ0n) is 29.2. The Kier molecular flexibility index (Phi) is 6.73. The molecule has 2 nitrogen and oxygen atoms in total. The maximum absolute atomic E-state index is 5.72. The van der Waals surface area contributed by atoms with Gasteiger partial charge < -0.3 is 0 Å². The summed E-state index contributed by atoms with van der Waals surface area (Å²) in [5.41, 5.74) is 12.3. The number of fused-ring (bicyclic) bond motifs is 7. The number of furan rings is 2. The van der Waals surface area contributed by atoms with E-state index in [9.17, 15) is 0 Å². The van der Waals surface area contributed by atoms with E-state index >= 15 is 0 Å². The van der Waals surface area contributed by atoms with Crippen LogP contribution in [0.3, 0.4) is 0 Å². The van der Waals surface area contributed by atoms with Crippen molar-refractivity contribution in [3.63, 3.8) is 0 Å². The van der Waals surface area contributed by atoms with Crippen molar-refractivity contribution in [2.45, 2.75) is 13.8 Å². The zero-order valence-corrected chi connectivity index (χ0v) is 30.9. The Hall–Kier alpha value is -6.12. The summed E-state index contributed by atoms with van der Waals surface area (Å²) in [7, 11) is 0. The van der Waals surface area contributed by atoms with E-state index in [1.54, 1.807) is 0 Å². The van der Waals surface area contributed by atoms with E-state index in [2.05, 4.69) is 147 Å². The average molecular weight is 744 g/mol. The predicted octanol–water partition coefficient (Wildman–Crippen LogP) is 14.1. The Morgan fingerprint density at radius 2 is 0.774 bits per heavy atom. The van der Waals surface area contributed by atoms with Gasteiger partial charge in [-0.2, -0.15) is 0 Å². The van der Waals surface area contributed by atoms with Crippen LogP contribution >= 0.6 is 0 Å². The van der Waals surface area contributed by atoms with Crippen molar-refractivity contribution in [3.05, 3.63) is 170 Å². The molecule has 0 aliphatic carbocycles. The molecule has 0 N–H and O–H groups in total. The van der Waals surface area contributed by atoms with E-state index in [0.717, 1.165) is 22.3 Å². The van der Waals surface area contributed by atoms with Crippen molar-refractivity contribution in [1.29, 1.82) is 0 Å². The molecule has 0 bridgehead atoms. The second-order valence-corrected chi connectivity index (χ2v) is 16.3. The summed E-state index contributed by atoms with van der Waals surface area (Å²) in [5.74, 6) is 0. The summed E-state index contributed by atoms with van der Waals surface area (Å²) in [6.45, 7) is 4.26. The van der Waals surface area contributed by atoms with Gasteiger partial charge in [-0.1, -0.05) is 0 Å². The van der Waals surface area contributed by atoms with Crippen molar-refractivity contribution in [2.75, 3.05) is 0 Å². The van der Waals surface area contributed by atoms with Crippen LogP contribution in [-0.2, 0) is 0 Å². The average Bonchev–Trinajstić information content (AvgIpc) is 3.93. The van der Waals surface area contributed by atoms with Crippen molar-refractivity contribution in [1.82, 2.24) is 0 Å². The third-order valence-electron chi connectivity index (χ3n) is 11.2. The second-order valence-electron chi connectivity index (χ2n) is 14.1. The SMILES string of the molecule is Cc1cocc1-c1c2ccccc2c(-c2ccc3c(c2)[se]c2c(-c4c5ccccc5c(-c5cocc5C)c5ccccc45)cccc23)c2ccccc12. The Balaban J connectivity index is 1.18. The third-order valence-corrected chi connectivity index (χ3v) is 13.7. The van der Waals surface area contributed by atoms with Crippen LogP contribution in [-0.4, -0.2) is 14.5 Å². The van der Waals surface area contributed by atoms with E-state index in [0.29, 0.717) is 0 Å². The van der Waals surface area contributed by atoms with Crippen LogP contribution in [0.2, 0.25) is 0 Å². The van der Waals surface area contributed by atoms with Crippen LogP contribution < -0.4 is 0 Å². The first-order valence-electron chi connectivity index (χ1n) is 18.0. The molecule has 0 aliphatic heterocycles. The molecule has 250 valence electrons. The molecule has 0 radical (unpaired) electrons. The Labute approximate surface area is 312 Å². The molecule has 3 heteroatoms. The fraction of sp³-hybridized carbons (Fsp3) is 0.0400. The topological polar surface area (TPSA) is 26.3 Å². The molecule has 11 aromatic rings. The molecule has 0 atom stereocenters. The zero-order chi connectivity index (χ0) is 35.2. The summed E-state index contributed by atoms with van der Waals surface area (Å²) in [6, 6.07) is 49.7. The number of hydrogen-bond donors (Lipinski definition) is 0. The molecule has 0 fully saturated rings. The van der Waals surface area contributed by atoms with E-state index in [1.165, 1.54) is 95.8 Å². The number of benzene rings is 8. The molecule has 8 aromatic carbocycles. The van der Waals surface area contributed by atoms with Gasteiger partial charge in [-0.05, 0) is 0 Å². The maximum atomic E-state index is 5.72. The molecule has 0 saturated heterocycles. The van der Waals surface area contributed by atoms with Crippen molar-refractivity contribution < 1.29 is 8.83 Å². The Morgan fingerprint density at radius 3 is 1.21 bits per heavy atom. The van der Waals surface area contributed by atoms with Gasteiger partial charge in [0.25, 0.3) is 0 Å². The van der Waals surface area contributed by atoms with Crippen LogP contribution in [0.15, 0.2) is 167 Å². The first-order valence-corrected chi connectivity index (χ1v) is 19.8. The molecule has 11 rings (SSSR count). The van der Waals surface area contributed by atoms with Crippen LogP contribution in [0.4, 0.5) is 0 Å². The normalized spacial score (nSPS) is 12.0. The van der Waals surface area contributed by atoms with Crippen LogP contribution in [0.5, 0.6) is 0 Å². The molecular weight excluding hydrogens is 712 g/mol. The second kappa shape index (κ2) is 11.7. The fourth-order valence-corrected chi connectivity index (χ4v) is 11.5. The molecule has 0 aliphatic rings. The summed E-state index contributed by atoms with van der Waals surface area (Å²) in [5, 5.41) is 12.8. The monoisotopic (exact) mass is 744 g/mol. The van der Waals surface area contributed by atoms with Crippen molar-refractivity contribution >= 4 is 76.9 Å². The number of rotatable bonds is 4. The van der Waals surface area contributed by atoms with E-state index < -0.39 is 0 Å². The van der Waals surface area contributed by atoms with Crippen LogP contribution in [0.25, 0.3) is 107 Å². The molecule has 0 saturated carbocycles. The van der Waals surface area contributed by atoms with Crippen LogP contribution in [0.1, 0.15) is 11.1 Å². The molecule has 3 aromatic heterocycles. The summed E-state index contributed by atoms with van der Waals surface area (Å²) >= 11 is 0.110. The fourth-order valence-electron chi connectivity index (χ4n) is 8.82. The van der Waals surface area contributed by atoms with Gasteiger partial charge in [-0.15, -0.1) is 0 Å². The molecule has 0 unspecified atom stereocenters. The summed E-state index contributed by atoms with van der Waals surface area (Å²) < 4.78 is 14.3. The molecule has 0 amide bonds. The molecule has 3 heterocycles. The van der Waals surface area contributed by atoms with Gasteiger partial charge in [-0.25, -0.2) is 0 Å². The predicted molar refractivity (Wildman–Crippen MR) is 224 cm³/mol. The first kappa shape index (κ1) is 30.5. The minimum absolute atomic E-state index is 0.110. The molecular formula is C50H32O2Se. The number of hydrogen-bond acceptors (Lipinski definition) is 2. The molecule has 53 heavy (non-hydrogen) atoms. The quantitative estimate of drug-likeness (QED) is 0.133. The van der Waals surface area contributed by atoms with Crippen molar-refractivity contribution in [2.24, 2.45) is 0 Å². The van der Waals surface area contributed by atoms with Gasteiger partial charge >= 0.3 is 314 Å². The first-order chi connectivity index (χ1) is 26.2. The third kappa shape index (κ3) is 4.45. The van der Waals surface area contributed by atoms with Gasteiger partial charge in [-0.3, -0.25) is 0 Å². The van der Waals surface area contributed by atoms with Gasteiger partial charge in [0.15, 0.2) is 0 Å². The van der Waals surface area contributed by atoms with Gasteiger partial charge in [0.2, 0.25) is 0 Å². The van der Waals surface area contributed by atoms with Crippen LogP contribution in [0, 0.1) is 13.8 Å². The molecule has 0 spiro atoms. The minimum atomic E-state index is 0.110. The van der Waals surface area contributed by atoms with E-state index in [1.807, 2.05) is 25.1 Å². The summed E-state index contributed by atoms with van der Waals surface area (Å²) in [6.07, 6.45) is 7.50. The van der Waals surface area contributed by atoms with Gasteiger partial charge in [0.1, 0.15) is 0 Å². The van der Waals surface area contributed by atoms with Crippen molar-refractivity contribution in [3.8, 4) is 44.5 Å². The van der Waals surface area contributed by atoms with E-state index in [4.69, 9.17) is 8.83 Å². The summed E-state index contributed by atoms with van der Waals surface area (Å²) in [4.78, 5) is 0. The number of aryl methyl sites for hydroxylation is 2. The standard InChI is InChI=1S/C50H32O2Se/c1-29-25-51-27-43(29)48-35-14-5-3-12-33(35)46(34-13-4-6-15-36(34)48)31-22-23-32-41-20-11-21-42(50(41)53-45(32)24-31)47-37-16-7-9-18-39(37)49(44-28-52-26-30(44)2)40-19-10-8-17-38(40)47/h3-28H,1-2H3. The van der Waals surface area contributed by atoms with E-state index in [-0.39, 0.29) is 14.5 Å². The Morgan fingerprint density at radius 1 is 0.358 bits per heavy atom.